The van der Waals surface area contributed by atoms with Crippen molar-refractivity contribution in [1.29, 1.82) is 0 Å². The van der Waals surface area contributed by atoms with Crippen molar-refractivity contribution < 1.29 is 14.1 Å². The molecule has 134 valence electrons. The van der Waals surface area contributed by atoms with Crippen molar-refractivity contribution in [3.05, 3.63) is 65.8 Å². The van der Waals surface area contributed by atoms with E-state index < -0.39 is 5.60 Å². The zero-order chi connectivity index (χ0) is 18.0. The Morgan fingerprint density at radius 1 is 1.35 bits per heavy atom. The van der Waals surface area contributed by atoms with Gasteiger partial charge in [0.25, 0.3) is 5.91 Å². The lowest BCUT2D eigenvalue weighted by Crippen LogP contribution is -2.35. The average molecular weight is 352 g/mol. The molecule has 1 saturated carbocycles. The number of hydrogen-bond acceptors (Lipinski definition) is 5. The zero-order valence-electron chi connectivity index (χ0n) is 14.5. The minimum atomic E-state index is -0.425. The van der Waals surface area contributed by atoms with E-state index >= 15 is 0 Å². The molecule has 4 rings (SSSR count). The normalized spacial score (nSPS) is 15.4. The van der Waals surface area contributed by atoms with Crippen LogP contribution in [-0.4, -0.2) is 28.0 Å². The largest absolute Gasteiger partial charge is 0.370 e. The van der Waals surface area contributed by atoms with Crippen LogP contribution in [0.2, 0.25) is 0 Å². The molecule has 26 heavy (non-hydrogen) atoms. The standard InChI is InChI=1S/C19H20N4O3/c1-25-19(8-5-9-19)17-10-16(22-26-17)18(24)21-15-11-20-23(13-15)12-14-6-3-2-4-7-14/h2-4,6-7,10-11,13H,5,8-9,12H2,1H3,(H,21,24). The molecule has 0 unspecified atom stereocenters. The second-order valence-electron chi connectivity index (χ2n) is 6.49. The molecule has 1 N–H and O–H groups in total. The van der Waals surface area contributed by atoms with Crippen molar-refractivity contribution >= 4 is 11.6 Å². The molecule has 0 bridgehead atoms. The molecule has 1 aromatic carbocycles. The number of nitrogens with one attached hydrogen (secondary N) is 1. The Bertz CT molecular complexity index is 891. The van der Waals surface area contributed by atoms with Gasteiger partial charge >= 0.3 is 0 Å². The molecule has 3 aromatic rings. The molecule has 1 aliphatic rings. The van der Waals surface area contributed by atoms with Crippen molar-refractivity contribution in [2.45, 2.75) is 31.4 Å². The van der Waals surface area contributed by atoms with Crippen LogP contribution in [0, 0.1) is 0 Å². The number of nitrogens with zero attached hydrogens (tertiary/aromatic N) is 3. The number of carbonyl (C=O) groups is 1. The summed E-state index contributed by atoms with van der Waals surface area (Å²) >= 11 is 0. The van der Waals surface area contributed by atoms with Crippen LogP contribution in [0.25, 0.3) is 0 Å². The number of ether oxygens (including phenoxy) is 1. The lowest BCUT2D eigenvalue weighted by atomic mass is 9.78. The van der Waals surface area contributed by atoms with E-state index in [-0.39, 0.29) is 11.6 Å². The summed E-state index contributed by atoms with van der Waals surface area (Å²) in [5.74, 6) is 0.279. The molecule has 7 nitrogen and oxygen atoms in total. The molecule has 1 fully saturated rings. The fraction of sp³-hybridized carbons (Fsp3) is 0.316. The zero-order valence-corrected chi connectivity index (χ0v) is 14.5. The molecule has 0 saturated heterocycles. The highest BCUT2D eigenvalue weighted by Crippen LogP contribution is 2.44. The van der Waals surface area contributed by atoms with Gasteiger partial charge in [-0.1, -0.05) is 35.5 Å². The highest BCUT2D eigenvalue weighted by Gasteiger charge is 2.42. The van der Waals surface area contributed by atoms with Gasteiger partial charge < -0.3 is 14.6 Å². The maximum atomic E-state index is 12.4. The second kappa shape index (κ2) is 6.76. The fourth-order valence-electron chi connectivity index (χ4n) is 3.13. The molecule has 1 aliphatic carbocycles. The molecular weight excluding hydrogens is 332 g/mol. The Morgan fingerprint density at radius 3 is 2.85 bits per heavy atom. The third-order valence-corrected chi connectivity index (χ3v) is 4.82. The fourth-order valence-corrected chi connectivity index (χ4v) is 3.13. The van der Waals surface area contributed by atoms with Crippen molar-refractivity contribution in [2.75, 3.05) is 12.4 Å². The summed E-state index contributed by atoms with van der Waals surface area (Å²) in [5, 5.41) is 11.0. The van der Waals surface area contributed by atoms with E-state index in [9.17, 15) is 4.79 Å². The summed E-state index contributed by atoms with van der Waals surface area (Å²) in [6.45, 7) is 0.640. The number of rotatable bonds is 6. The number of benzene rings is 1. The monoisotopic (exact) mass is 352 g/mol. The van der Waals surface area contributed by atoms with Crippen LogP contribution in [0.4, 0.5) is 5.69 Å². The van der Waals surface area contributed by atoms with Gasteiger partial charge in [-0.3, -0.25) is 9.48 Å². The van der Waals surface area contributed by atoms with Crippen molar-refractivity contribution in [3.63, 3.8) is 0 Å². The first-order valence-electron chi connectivity index (χ1n) is 8.59. The van der Waals surface area contributed by atoms with Gasteiger partial charge in [-0.25, -0.2) is 0 Å². The summed E-state index contributed by atoms with van der Waals surface area (Å²) in [7, 11) is 1.66. The summed E-state index contributed by atoms with van der Waals surface area (Å²) in [4.78, 5) is 12.4. The van der Waals surface area contributed by atoms with Crippen molar-refractivity contribution in [1.82, 2.24) is 14.9 Å². The van der Waals surface area contributed by atoms with Gasteiger partial charge in [0.15, 0.2) is 11.5 Å². The lowest BCUT2D eigenvalue weighted by molar-refractivity contribution is -0.0955. The molecule has 0 atom stereocenters. The average Bonchev–Trinajstić information content (AvgIpc) is 3.26. The predicted molar refractivity (Wildman–Crippen MR) is 94.8 cm³/mol. The topological polar surface area (TPSA) is 82.2 Å². The number of hydrogen-bond donors (Lipinski definition) is 1. The summed E-state index contributed by atoms with van der Waals surface area (Å²) in [5.41, 5.74) is 1.56. The first-order valence-corrected chi connectivity index (χ1v) is 8.59. The molecule has 2 aromatic heterocycles. The van der Waals surface area contributed by atoms with E-state index in [1.54, 1.807) is 30.3 Å². The van der Waals surface area contributed by atoms with Crippen LogP contribution < -0.4 is 5.32 Å². The van der Waals surface area contributed by atoms with Gasteiger partial charge in [-0.2, -0.15) is 5.10 Å². The summed E-state index contributed by atoms with van der Waals surface area (Å²) in [6.07, 6.45) is 6.24. The van der Waals surface area contributed by atoms with E-state index in [4.69, 9.17) is 9.26 Å². The first-order chi connectivity index (χ1) is 12.7. The predicted octanol–water partition coefficient (Wildman–Crippen LogP) is 3.20. The maximum absolute atomic E-state index is 12.4. The van der Waals surface area contributed by atoms with Gasteiger partial charge in [0.1, 0.15) is 5.60 Å². The maximum Gasteiger partial charge on any atom is 0.277 e. The van der Waals surface area contributed by atoms with Crippen LogP contribution in [0.5, 0.6) is 0 Å². The smallest absolute Gasteiger partial charge is 0.277 e. The van der Waals surface area contributed by atoms with Gasteiger partial charge in [-0.15, -0.1) is 0 Å². The minimum absolute atomic E-state index is 0.235. The number of methoxy groups -OCH3 is 1. The third-order valence-electron chi connectivity index (χ3n) is 4.82. The van der Waals surface area contributed by atoms with Crippen molar-refractivity contribution in [3.8, 4) is 0 Å². The third kappa shape index (κ3) is 3.13. The second-order valence-corrected chi connectivity index (χ2v) is 6.49. The Kier molecular flexibility index (Phi) is 4.30. The van der Waals surface area contributed by atoms with Crippen LogP contribution >= 0.6 is 0 Å². The quantitative estimate of drug-likeness (QED) is 0.737. The number of aromatic nitrogens is 3. The molecule has 7 heteroatoms. The minimum Gasteiger partial charge on any atom is -0.370 e. The number of anilines is 1. The lowest BCUT2D eigenvalue weighted by Gasteiger charge is -2.37. The highest BCUT2D eigenvalue weighted by atomic mass is 16.5. The molecule has 1 amide bonds. The van der Waals surface area contributed by atoms with Gasteiger partial charge in [-0.05, 0) is 24.8 Å². The Morgan fingerprint density at radius 2 is 2.15 bits per heavy atom. The van der Waals surface area contributed by atoms with Crippen LogP contribution in [0.15, 0.2) is 53.3 Å². The number of amides is 1. The first kappa shape index (κ1) is 16.5. The van der Waals surface area contributed by atoms with Gasteiger partial charge in [0, 0.05) is 19.4 Å². The van der Waals surface area contributed by atoms with Gasteiger partial charge in [0.05, 0.1) is 18.4 Å². The van der Waals surface area contributed by atoms with E-state index in [0.717, 1.165) is 24.8 Å². The SMILES string of the molecule is COC1(c2cc(C(=O)Nc3cnn(Cc4ccccc4)c3)no2)CCC1. The van der Waals surface area contributed by atoms with Crippen LogP contribution in [-0.2, 0) is 16.9 Å². The van der Waals surface area contributed by atoms with Gasteiger partial charge in [0.2, 0.25) is 0 Å². The molecular formula is C19H20N4O3. The number of carbonyl (C=O) groups excluding carboxylic acids is 1. The van der Waals surface area contributed by atoms with Crippen LogP contribution in [0.1, 0.15) is 41.1 Å². The van der Waals surface area contributed by atoms with E-state index in [1.807, 2.05) is 30.3 Å². The molecule has 0 spiro atoms. The molecule has 0 radical (unpaired) electrons. The van der Waals surface area contributed by atoms with E-state index in [1.165, 1.54) is 0 Å². The van der Waals surface area contributed by atoms with E-state index in [0.29, 0.717) is 18.0 Å². The summed E-state index contributed by atoms with van der Waals surface area (Å²) < 4.78 is 12.7. The Hall–Kier alpha value is -2.93. The Balaban J connectivity index is 1.42. The summed E-state index contributed by atoms with van der Waals surface area (Å²) in [6, 6.07) is 11.7. The highest BCUT2D eigenvalue weighted by molar-refractivity contribution is 6.02. The van der Waals surface area contributed by atoms with E-state index in [2.05, 4.69) is 15.6 Å². The molecule has 0 aliphatic heterocycles. The Labute approximate surface area is 150 Å². The van der Waals surface area contributed by atoms with Crippen molar-refractivity contribution in [2.24, 2.45) is 0 Å². The van der Waals surface area contributed by atoms with Crippen LogP contribution in [0.3, 0.4) is 0 Å². The molecule has 2 heterocycles.